The molecule has 10 nitrogen and oxygen atoms in total. The lowest BCUT2D eigenvalue weighted by Crippen LogP contribution is -2.57. The maximum Gasteiger partial charge on any atom is 0.313 e. The van der Waals surface area contributed by atoms with Crippen LogP contribution in [-0.2, 0) is 28.7 Å². The molecule has 3 fully saturated rings. The molecular weight excluding hydrogens is 714 g/mol. The van der Waals surface area contributed by atoms with Gasteiger partial charge in [0, 0.05) is 48.7 Å². The molecule has 8 atom stereocenters. The highest BCUT2D eigenvalue weighted by Gasteiger charge is 2.77. The Morgan fingerprint density at radius 2 is 1.86 bits per heavy atom. The molecule has 2 aromatic rings. The van der Waals surface area contributed by atoms with Crippen molar-refractivity contribution in [1.29, 1.82) is 0 Å². The average molecular weight is 757 g/mol. The molecular formula is C37H43BrClN3O7. The van der Waals surface area contributed by atoms with E-state index in [1.807, 2.05) is 37.3 Å². The fraction of sp³-hybridized carbons (Fsp3) is 0.459. The second-order valence-electron chi connectivity index (χ2n) is 12.8. The van der Waals surface area contributed by atoms with Crippen molar-refractivity contribution in [3.8, 4) is 0 Å². The van der Waals surface area contributed by atoms with Crippen LogP contribution >= 0.6 is 27.5 Å². The van der Waals surface area contributed by atoms with Gasteiger partial charge in [0.15, 0.2) is 0 Å². The number of hydrogen-bond donors (Lipinski definition) is 1. The Kier molecular flexibility index (Phi) is 11.7. The Bertz CT molecular complexity index is 1560. The summed E-state index contributed by atoms with van der Waals surface area (Å²) in [6.07, 6.45) is 3.02. The van der Waals surface area contributed by atoms with Crippen LogP contribution in [-0.4, -0.2) is 94.0 Å². The Hall–Kier alpha value is -3.51. The molecule has 1 unspecified atom stereocenters. The quantitative estimate of drug-likeness (QED) is 0.153. The molecule has 262 valence electrons. The average Bonchev–Trinajstić information content (AvgIpc) is 3.70. The first-order valence-electron chi connectivity index (χ1n) is 16.5. The number of likely N-dealkylation sites (tertiary alicyclic amines) is 1. The summed E-state index contributed by atoms with van der Waals surface area (Å²) in [7, 11) is 1.68. The monoisotopic (exact) mass is 755 g/mol. The van der Waals surface area contributed by atoms with Crippen molar-refractivity contribution in [2.75, 3.05) is 31.6 Å². The summed E-state index contributed by atoms with van der Waals surface area (Å²) in [5, 5.41) is 10.2. The van der Waals surface area contributed by atoms with Crippen LogP contribution in [0.2, 0.25) is 5.02 Å². The second kappa shape index (κ2) is 15.6. The van der Waals surface area contributed by atoms with Crippen LogP contribution < -0.4 is 4.90 Å². The Morgan fingerprint density at radius 1 is 1.16 bits per heavy atom. The summed E-state index contributed by atoms with van der Waals surface area (Å²) >= 11 is 9.85. The summed E-state index contributed by atoms with van der Waals surface area (Å²) in [6, 6.07) is 14.4. The molecule has 49 heavy (non-hydrogen) atoms. The molecule has 2 aromatic carbocycles. The van der Waals surface area contributed by atoms with E-state index in [-0.39, 0.29) is 49.2 Å². The Balaban J connectivity index is 1.50. The number of anilines is 1. The highest BCUT2D eigenvalue weighted by Crippen LogP contribution is 2.60. The number of ether oxygens (including phenoxy) is 2. The molecule has 3 amide bonds. The fourth-order valence-electron chi connectivity index (χ4n) is 7.50. The topological polar surface area (TPSA) is 117 Å². The number of halogens is 2. The van der Waals surface area contributed by atoms with Gasteiger partial charge in [-0.15, -0.1) is 13.2 Å². The molecule has 3 aliphatic heterocycles. The summed E-state index contributed by atoms with van der Waals surface area (Å²) < 4.78 is 13.0. The van der Waals surface area contributed by atoms with Crippen molar-refractivity contribution in [3.63, 3.8) is 0 Å². The molecule has 1 spiro atoms. The molecule has 0 saturated carbocycles. The molecule has 3 aliphatic rings. The summed E-state index contributed by atoms with van der Waals surface area (Å²) in [5.74, 6) is -3.57. The van der Waals surface area contributed by atoms with Crippen LogP contribution in [0.25, 0.3) is 0 Å². The number of aliphatic hydroxyl groups is 1. The van der Waals surface area contributed by atoms with Gasteiger partial charge in [-0.1, -0.05) is 70.0 Å². The third-order valence-electron chi connectivity index (χ3n) is 9.94. The molecule has 5 rings (SSSR count). The first-order chi connectivity index (χ1) is 23.5. The van der Waals surface area contributed by atoms with Crippen molar-refractivity contribution in [2.24, 2.45) is 11.8 Å². The standard InChI is InChI=1S/C37H43BrClN3O7/c1-5-7-14-28(44)40(4)23(3)31(24-12-9-8-10-13-24)48-36(47)29-30-34(45)42(20-11-21-43)33(37(30)22-27(38)32(29)49-37)35(46)41(19-6-2)26-17-15-25(39)16-18-26/h5-6,8-10,12-13,15-18,23,27,29-33,43H,1-2,7,11,14,19-22H2,3-4H3/t23-,27?,29+,30-,31+,32+,33+,37-/m0/s1. The van der Waals surface area contributed by atoms with Crippen LogP contribution in [0.5, 0.6) is 0 Å². The maximum absolute atomic E-state index is 14.6. The largest absolute Gasteiger partial charge is 0.455 e. The molecule has 3 heterocycles. The van der Waals surface area contributed by atoms with Gasteiger partial charge in [-0.3, -0.25) is 19.2 Å². The number of carbonyl (C=O) groups excluding carboxylic acids is 4. The van der Waals surface area contributed by atoms with E-state index in [1.165, 1.54) is 9.80 Å². The highest BCUT2D eigenvalue weighted by atomic mass is 79.9. The maximum atomic E-state index is 14.6. The number of likely N-dealkylation sites (N-methyl/N-ethyl adjacent to an activating group) is 1. The number of aliphatic hydroxyl groups excluding tert-OH is 1. The molecule has 3 saturated heterocycles. The van der Waals surface area contributed by atoms with Gasteiger partial charge in [0.25, 0.3) is 5.91 Å². The van der Waals surface area contributed by atoms with Crippen molar-refractivity contribution < 1.29 is 33.8 Å². The van der Waals surface area contributed by atoms with E-state index in [0.717, 1.165) is 0 Å². The predicted molar refractivity (Wildman–Crippen MR) is 190 cm³/mol. The lowest BCUT2D eigenvalue weighted by molar-refractivity contribution is -0.164. The van der Waals surface area contributed by atoms with Gasteiger partial charge in [0.2, 0.25) is 11.8 Å². The zero-order chi connectivity index (χ0) is 35.5. The number of carbonyl (C=O) groups is 4. The molecule has 12 heteroatoms. The van der Waals surface area contributed by atoms with E-state index < -0.39 is 53.6 Å². The highest BCUT2D eigenvalue weighted by molar-refractivity contribution is 9.09. The minimum absolute atomic E-state index is 0.0938. The smallest absolute Gasteiger partial charge is 0.313 e. The number of alkyl halides is 1. The normalized spacial score (nSPS) is 26.5. The van der Waals surface area contributed by atoms with Gasteiger partial charge in [0.05, 0.1) is 24.0 Å². The van der Waals surface area contributed by atoms with E-state index in [9.17, 15) is 24.3 Å². The fourth-order valence-corrected chi connectivity index (χ4v) is 8.57. The molecule has 2 bridgehead atoms. The van der Waals surface area contributed by atoms with E-state index >= 15 is 0 Å². The summed E-state index contributed by atoms with van der Waals surface area (Å²) in [4.78, 5) is 60.7. The Morgan fingerprint density at radius 3 is 2.49 bits per heavy atom. The van der Waals surface area contributed by atoms with Gasteiger partial charge >= 0.3 is 5.97 Å². The van der Waals surface area contributed by atoms with Crippen LogP contribution in [0.1, 0.15) is 44.3 Å². The van der Waals surface area contributed by atoms with Crippen molar-refractivity contribution >= 4 is 56.9 Å². The van der Waals surface area contributed by atoms with E-state index in [2.05, 4.69) is 29.1 Å². The first-order valence-corrected chi connectivity index (χ1v) is 17.8. The second-order valence-corrected chi connectivity index (χ2v) is 14.4. The lowest BCUT2D eigenvalue weighted by atomic mass is 9.70. The Labute approximate surface area is 300 Å². The van der Waals surface area contributed by atoms with Crippen LogP contribution in [0.4, 0.5) is 5.69 Å². The van der Waals surface area contributed by atoms with Gasteiger partial charge < -0.3 is 29.3 Å². The van der Waals surface area contributed by atoms with E-state index in [4.69, 9.17) is 21.1 Å². The van der Waals surface area contributed by atoms with E-state index in [1.54, 1.807) is 48.4 Å². The number of rotatable bonds is 15. The predicted octanol–water partition coefficient (Wildman–Crippen LogP) is 5.09. The van der Waals surface area contributed by atoms with E-state index in [0.29, 0.717) is 29.1 Å². The number of amides is 3. The van der Waals surface area contributed by atoms with Crippen molar-refractivity contribution in [3.05, 3.63) is 90.5 Å². The third kappa shape index (κ3) is 6.95. The van der Waals surface area contributed by atoms with Gasteiger partial charge in [0.1, 0.15) is 17.7 Å². The molecule has 0 aliphatic carbocycles. The number of allylic oxidation sites excluding steroid dienone is 1. The minimum Gasteiger partial charge on any atom is -0.455 e. The number of hydrogen-bond acceptors (Lipinski definition) is 7. The number of fused-ring (bicyclic) bond motifs is 1. The van der Waals surface area contributed by atoms with Crippen LogP contribution in [0.15, 0.2) is 79.9 Å². The number of esters is 1. The molecule has 1 N–H and O–H groups in total. The van der Waals surface area contributed by atoms with Gasteiger partial charge in [-0.2, -0.15) is 0 Å². The SMILES string of the molecule is C=CCCC(=O)N(C)[C@@H](C)[C@@H](OC(=O)[C@H]1[C@@H]2O[C@@]3(CC2Br)[C@@H]1C(=O)N(CCCO)[C@@H]3C(=O)N(CC=C)c1ccc(Cl)cc1)c1ccccc1. The zero-order valence-corrected chi connectivity index (χ0v) is 30.1. The zero-order valence-electron chi connectivity index (χ0n) is 27.8. The summed E-state index contributed by atoms with van der Waals surface area (Å²) in [6.45, 7) is 9.42. The summed E-state index contributed by atoms with van der Waals surface area (Å²) in [5.41, 5.74) is -0.0723. The molecule has 0 aromatic heterocycles. The van der Waals surface area contributed by atoms with Crippen molar-refractivity contribution in [2.45, 2.75) is 67.3 Å². The number of nitrogens with zero attached hydrogens (tertiary/aromatic N) is 3. The minimum atomic E-state index is -1.33. The first kappa shape index (κ1) is 36.8. The third-order valence-corrected chi connectivity index (χ3v) is 11.0. The van der Waals surface area contributed by atoms with Gasteiger partial charge in [-0.25, -0.2) is 0 Å². The van der Waals surface area contributed by atoms with Crippen LogP contribution in [0, 0.1) is 11.8 Å². The lowest BCUT2D eigenvalue weighted by Gasteiger charge is -2.37. The van der Waals surface area contributed by atoms with Crippen LogP contribution in [0.3, 0.4) is 0 Å². The van der Waals surface area contributed by atoms with Crippen molar-refractivity contribution in [1.82, 2.24) is 9.80 Å². The number of benzene rings is 2. The van der Waals surface area contributed by atoms with Gasteiger partial charge in [-0.05, 0) is 56.0 Å². The molecule has 0 radical (unpaired) electrons.